The molecule has 2 N–H and O–H groups in total. The molecule has 1 atom stereocenters. The Hall–Kier alpha value is -3.02. The van der Waals surface area contributed by atoms with Crippen molar-refractivity contribution in [3.05, 3.63) is 59.2 Å². The van der Waals surface area contributed by atoms with Gasteiger partial charge in [0.1, 0.15) is 11.5 Å². The molecule has 1 unspecified atom stereocenters. The van der Waals surface area contributed by atoms with Gasteiger partial charge in [-0.25, -0.2) is 0 Å². The van der Waals surface area contributed by atoms with Crippen molar-refractivity contribution in [3.63, 3.8) is 0 Å². The van der Waals surface area contributed by atoms with Gasteiger partial charge in [0.05, 0.1) is 7.11 Å². The Bertz CT molecular complexity index is 774. The van der Waals surface area contributed by atoms with Crippen LogP contribution in [-0.4, -0.2) is 25.0 Å². The summed E-state index contributed by atoms with van der Waals surface area (Å²) in [6.45, 7) is 5.52. The molecule has 25 heavy (non-hydrogen) atoms. The first-order valence-electron chi connectivity index (χ1n) is 7.89. The van der Waals surface area contributed by atoms with E-state index in [2.05, 4.69) is 10.9 Å². The van der Waals surface area contributed by atoms with E-state index < -0.39 is 17.9 Å². The minimum Gasteiger partial charge on any atom is -0.497 e. The first-order chi connectivity index (χ1) is 11.9. The Labute approximate surface area is 147 Å². The molecule has 0 bridgehead atoms. The van der Waals surface area contributed by atoms with E-state index in [1.54, 1.807) is 37.3 Å². The third-order valence-electron chi connectivity index (χ3n) is 3.86. The summed E-state index contributed by atoms with van der Waals surface area (Å²) in [6, 6.07) is 12.3. The quantitative estimate of drug-likeness (QED) is 0.819. The van der Waals surface area contributed by atoms with Crippen LogP contribution in [0.3, 0.4) is 0 Å². The number of carbonyl (C=O) groups excluding carboxylic acids is 2. The highest BCUT2D eigenvalue weighted by Gasteiger charge is 2.17. The van der Waals surface area contributed by atoms with E-state index in [4.69, 9.17) is 9.47 Å². The van der Waals surface area contributed by atoms with E-state index in [0.29, 0.717) is 17.1 Å². The first kappa shape index (κ1) is 18.3. The summed E-state index contributed by atoms with van der Waals surface area (Å²) in [7, 11) is 1.52. The van der Waals surface area contributed by atoms with Gasteiger partial charge in [0.25, 0.3) is 11.8 Å². The second-order valence-corrected chi connectivity index (χ2v) is 5.63. The second-order valence-electron chi connectivity index (χ2n) is 5.63. The molecular formula is C19H22N2O4. The van der Waals surface area contributed by atoms with Gasteiger partial charge in [0.15, 0.2) is 6.10 Å². The Morgan fingerprint density at radius 1 is 1.04 bits per heavy atom. The molecule has 2 aromatic rings. The van der Waals surface area contributed by atoms with Crippen molar-refractivity contribution in [1.82, 2.24) is 10.9 Å². The molecule has 132 valence electrons. The number of carbonyl (C=O) groups is 2. The molecule has 0 heterocycles. The monoisotopic (exact) mass is 342 g/mol. The van der Waals surface area contributed by atoms with Crippen molar-refractivity contribution >= 4 is 11.8 Å². The highest BCUT2D eigenvalue weighted by atomic mass is 16.5. The number of amides is 2. The molecule has 0 spiro atoms. The van der Waals surface area contributed by atoms with Gasteiger partial charge < -0.3 is 9.47 Å². The SMILES string of the molecule is COc1cccc(C(=O)NNC(=O)C(C)Oc2cccc(C)c2C)c1. The number of benzene rings is 2. The lowest BCUT2D eigenvalue weighted by atomic mass is 10.1. The maximum absolute atomic E-state index is 12.1. The van der Waals surface area contributed by atoms with Gasteiger partial charge >= 0.3 is 0 Å². The topological polar surface area (TPSA) is 76.7 Å². The predicted molar refractivity (Wildman–Crippen MR) is 94.6 cm³/mol. The van der Waals surface area contributed by atoms with E-state index in [1.807, 2.05) is 26.0 Å². The summed E-state index contributed by atoms with van der Waals surface area (Å²) in [5.74, 6) is 0.315. The van der Waals surface area contributed by atoms with Crippen molar-refractivity contribution in [1.29, 1.82) is 0 Å². The average molecular weight is 342 g/mol. The number of hydrazine groups is 1. The van der Waals surface area contributed by atoms with Gasteiger partial charge in [-0.05, 0) is 56.2 Å². The van der Waals surface area contributed by atoms with E-state index in [9.17, 15) is 9.59 Å². The molecule has 2 amide bonds. The van der Waals surface area contributed by atoms with Crippen LogP contribution in [0.15, 0.2) is 42.5 Å². The summed E-state index contributed by atoms with van der Waals surface area (Å²) in [4.78, 5) is 24.2. The summed E-state index contributed by atoms with van der Waals surface area (Å²) in [5, 5.41) is 0. The van der Waals surface area contributed by atoms with Crippen molar-refractivity contribution in [2.45, 2.75) is 26.9 Å². The molecule has 0 fully saturated rings. The van der Waals surface area contributed by atoms with Crippen molar-refractivity contribution < 1.29 is 19.1 Å². The fraction of sp³-hybridized carbons (Fsp3) is 0.263. The Kier molecular flexibility index (Phi) is 6.00. The van der Waals surface area contributed by atoms with Gasteiger partial charge in [0, 0.05) is 5.56 Å². The lowest BCUT2D eigenvalue weighted by Gasteiger charge is -2.17. The number of hydrogen-bond donors (Lipinski definition) is 2. The van der Waals surface area contributed by atoms with Crippen LogP contribution in [-0.2, 0) is 4.79 Å². The van der Waals surface area contributed by atoms with Crippen LogP contribution in [0.1, 0.15) is 28.4 Å². The molecule has 2 aromatic carbocycles. The molecule has 0 aliphatic heterocycles. The molecule has 6 nitrogen and oxygen atoms in total. The zero-order valence-corrected chi connectivity index (χ0v) is 14.8. The molecule has 0 saturated heterocycles. The van der Waals surface area contributed by atoms with Crippen molar-refractivity contribution in [3.8, 4) is 11.5 Å². The smallest absolute Gasteiger partial charge is 0.279 e. The van der Waals surface area contributed by atoms with E-state index in [1.165, 1.54) is 7.11 Å². The molecule has 0 aromatic heterocycles. The van der Waals surface area contributed by atoms with Gasteiger partial charge in [0.2, 0.25) is 0 Å². The Balaban J connectivity index is 1.92. The third kappa shape index (κ3) is 4.73. The molecule has 0 aliphatic carbocycles. The van der Waals surface area contributed by atoms with Gasteiger partial charge in [-0.15, -0.1) is 0 Å². The maximum Gasteiger partial charge on any atom is 0.279 e. The number of hydrogen-bond acceptors (Lipinski definition) is 4. The average Bonchev–Trinajstić information content (AvgIpc) is 2.63. The summed E-state index contributed by atoms with van der Waals surface area (Å²) in [5.41, 5.74) is 7.17. The molecule has 0 saturated carbocycles. The van der Waals surface area contributed by atoms with Crippen LogP contribution in [0.4, 0.5) is 0 Å². The lowest BCUT2D eigenvalue weighted by Crippen LogP contribution is -2.47. The minimum atomic E-state index is -0.758. The standard InChI is InChI=1S/C19H22N2O4/c1-12-7-5-10-17(13(12)2)25-14(3)18(22)20-21-19(23)15-8-6-9-16(11-15)24-4/h5-11,14H,1-4H3,(H,20,22)(H,21,23). The number of nitrogens with one attached hydrogen (secondary N) is 2. The zero-order valence-electron chi connectivity index (χ0n) is 14.8. The Morgan fingerprint density at radius 3 is 2.48 bits per heavy atom. The minimum absolute atomic E-state index is 0.378. The van der Waals surface area contributed by atoms with Gasteiger partial charge in [-0.2, -0.15) is 0 Å². The first-order valence-corrected chi connectivity index (χ1v) is 7.89. The van der Waals surface area contributed by atoms with Crippen LogP contribution >= 0.6 is 0 Å². The van der Waals surface area contributed by atoms with Crippen molar-refractivity contribution in [2.24, 2.45) is 0 Å². The lowest BCUT2D eigenvalue weighted by molar-refractivity contribution is -0.128. The molecule has 6 heteroatoms. The summed E-state index contributed by atoms with van der Waals surface area (Å²) < 4.78 is 10.7. The van der Waals surface area contributed by atoms with Crippen LogP contribution in [0.2, 0.25) is 0 Å². The van der Waals surface area contributed by atoms with Gasteiger partial charge in [-0.3, -0.25) is 20.4 Å². The van der Waals surface area contributed by atoms with Crippen LogP contribution < -0.4 is 20.3 Å². The number of rotatable bonds is 5. The fourth-order valence-electron chi connectivity index (χ4n) is 2.15. The fourth-order valence-corrected chi connectivity index (χ4v) is 2.15. The number of ether oxygens (including phenoxy) is 2. The largest absolute Gasteiger partial charge is 0.497 e. The van der Waals surface area contributed by atoms with E-state index >= 15 is 0 Å². The molecular weight excluding hydrogens is 320 g/mol. The van der Waals surface area contributed by atoms with E-state index in [0.717, 1.165) is 11.1 Å². The van der Waals surface area contributed by atoms with Gasteiger partial charge in [-0.1, -0.05) is 18.2 Å². The molecule has 0 aliphatic rings. The van der Waals surface area contributed by atoms with Crippen LogP contribution in [0.25, 0.3) is 0 Å². The summed E-state index contributed by atoms with van der Waals surface area (Å²) in [6.07, 6.45) is -0.758. The zero-order chi connectivity index (χ0) is 18.4. The maximum atomic E-state index is 12.1. The summed E-state index contributed by atoms with van der Waals surface area (Å²) >= 11 is 0. The molecule has 0 radical (unpaired) electrons. The molecule has 2 rings (SSSR count). The highest BCUT2D eigenvalue weighted by molar-refractivity contribution is 5.96. The third-order valence-corrected chi connectivity index (χ3v) is 3.86. The number of aryl methyl sites for hydroxylation is 1. The van der Waals surface area contributed by atoms with E-state index in [-0.39, 0.29) is 0 Å². The van der Waals surface area contributed by atoms with Crippen LogP contribution in [0.5, 0.6) is 11.5 Å². The Morgan fingerprint density at radius 2 is 1.76 bits per heavy atom. The van der Waals surface area contributed by atoms with Crippen LogP contribution in [0, 0.1) is 13.8 Å². The normalized spacial score (nSPS) is 11.4. The van der Waals surface area contributed by atoms with Crippen molar-refractivity contribution in [2.75, 3.05) is 7.11 Å². The number of methoxy groups -OCH3 is 1. The predicted octanol–water partition coefficient (Wildman–Crippen LogP) is 2.54. The highest BCUT2D eigenvalue weighted by Crippen LogP contribution is 2.21. The second kappa shape index (κ2) is 8.19.